The number of ether oxygens (including phenoxy) is 1. The molecule has 1 heterocycles. The zero-order valence-corrected chi connectivity index (χ0v) is 13.1. The maximum absolute atomic E-state index is 12.3. The van der Waals surface area contributed by atoms with E-state index in [2.05, 4.69) is 31.3 Å². The van der Waals surface area contributed by atoms with Crippen LogP contribution in [0.25, 0.3) is 10.8 Å². The van der Waals surface area contributed by atoms with Crippen molar-refractivity contribution in [1.29, 1.82) is 0 Å². The van der Waals surface area contributed by atoms with E-state index in [0.29, 0.717) is 6.54 Å². The minimum atomic E-state index is 0.0616. The van der Waals surface area contributed by atoms with E-state index in [1.807, 2.05) is 30.3 Å². The average Bonchev–Trinajstić information content (AvgIpc) is 2.45. The molecule has 0 saturated carbocycles. The first-order valence-electron chi connectivity index (χ1n) is 7.88. The monoisotopic (exact) mass is 299 g/mol. The van der Waals surface area contributed by atoms with Gasteiger partial charge in [0.2, 0.25) is 0 Å². The molecular weight excluding hydrogens is 276 g/mol. The smallest absolute Gasteiger partial charge is 0.279 e. The minimum Gasteiger partial charge on any atom is -0.364 e. The van der Waals surface area contributed by atoms with Gasteiger partial charge < -0.3 is 15.0 Å². The fraction of sp³-hybridized carbons (Fsp3) is 0.389. The van der Waals surface area contributed by atoms with E-state index in [9.17, 15) is 4.79 Å². The standard InChI is InChI=1S/C18H22N2O2/c1-13-10-20(11-14(2)22-13)12-18(21)19-17-8-7-15-5-3-4-6-16(15)9-17/h3-9,13-14H,10-12H2,1-2H3,(H,19,21)/p+1/t13-,14-/m0/s1. The fourth-order valence-electron chi connectivity index (χ4n) is 3.23. The molecule has 2 N–H and O–H groups in total. The van der Waals surface area contributed by atoms with Crippen LogP contribution in [-0.2, 0) is 9.53 Å². The van der Waals surface area contributed by atoms with Gasteiger partial charge in [0.1, 0.15) is 25.3 Å². The Hall–Kier alpha value is -1.91. The second-order valence-corrected chi connectivity index (χ2v) is 6.20. The largest absolute Gasteiger partial charge is 0.364 e. The van der Waals surface area contributed by atoms with Gasteiger partial charge in [-0.3, -0.25) is 4.79 Å². The van der Waals surface area contributed by atoms with Gasteiger partial charge in [0, 0.05) is 5.69 Å². The molecule has 3 rings (SSSR count). The Morgan fingerprint density at radius 2 is 1.82 bits per heavy atom. The molecule has 4 heteroatoms. The fourth-order valence-corrected chi connectivity index (χ4v) is 3.23. The third-order valence-electron chi connectivity index (χ3n) is 4.06. The van der Waals surface area contributed by atoms with Crippen molar-refractivity contribution >= 4 is 22.4 Å². The molecule has 116 valence electrons. The summed E-state index contributed by atoms with van der Waals surface area (Å²) in [5.74, 6) is 0.0616. The molecule has 1 amide bonds. The summed E-state index contributed by atoms with van der Waals surface area (Å²) in [6.45, 7) is 6.39. The van der Waals surface area contributed by atoms with Crippen molar-refractivity contribution < 1.29 is 14.4 Å². The molecule has 0 aliphatic carbocycles. The number of carbonyl (C=O) groups excluding carboxylic acids is 1. The summed E-state index contributed by atoms with van der Waals surface area (Å²) >= 11 is 0. The number of anilines is 1. The summed E-state index contributed by atoms with van der Waals surface area (Å²) in [5.41, 5.74) is 0.859. The molecule has 0 unspecified atom stereocenters. The molecule has 0 bridgehead atoms. The molecule has 1 saturated heterocycles. The topological polar surface area (TPSA) is 42.8 Å². The Kier molecular flexibility index (Phi) is 4.41. The van der Waals surface area contributed by atoms with Gasteiger partial charge in [-0.1, -0.05) is 30.3 Å². The maximum Gasteiger partial charge on any atom is 0.279 e. The lowest BCUT2D eigenvalue weighted by molar-refractivity contribution is -0.907. The Labute approximate surface area is 131 Å². The first kappa shape index (κ1) is 15.0. The van der Waals surface area contributed by atoms with Crippen LogP contribution in [0.1, 0.15) is 13.8 Å². The van der Waals surface area contributed by atoms with Crippen LogP contribution in [0.4, 0.5) is 5.69 Å². The van der Waals surface area contributed by atoms with E-state index in [1.165, 1.54) is 10.3 Å². The van der Waals surface area contributed by atoms with E-state index in [4.69, 9.17) is 4.74 Å². The second-order valence-electron chi connectivity index (χ2n) is 6.20. The van der Waals surface area contributed by atoms with E-state index in [0.717, 1.165) is 24.2 Å². The van der Waals surface area contributed by atoms with Crippen LogP contribution in [0.5, 0.6) is 0 Å². The van der Waals surface area contributed by atoms with Gasteiger partial charge in [-0.2, -0.15) is 0 Å². The molecule has 0 aromatic heterocycles. The first-order valence-corrected chi connectivity index (χ1v) is 7.88. The Morgan fingerprint density at radius 3 is 2.55 bits per heavy atom. The number of amides is 1. The van der Waals surface area contributed by atoms with Crippen LogP contribution < -0.4 is 10.2 Å². The number of benzene rings is 2. The van der Waals surface area contributed by atoms with Crippen molar-refractivity contribution in [3.63, 3.8) is 0 Å². The zero-order chi connectivity index (χ0) is 15.5. The second kappa shape index (κ2) is 6.46. The predicted octanol–water partition coefficient (Wildman–Crippen LogP) is 1.47. The highest BCUT2D eigenvalue weighted by Gasteiger charge is 2.27. The summed E-state index contributed by atoms with van der Waals surface area (Å²) < 4.78 is 5.71. The van der Waals surface area contributed by atoms with E-state index >= 15 is 0 Å². The van der Waals surface area contributed by atoms with Crippen molar-refractivity contribution in [1.82, 2.24) is 0 Å². The van der Waals surface area contributed by atoms with Gasteiger partial charge in [-0.05, 0) is 36.8 Å². The molecule has 1 aliphatic heterocycles. The van der Waals surface area contributed by atoms with Gasteiger partial charge in [0.05, 0.1) is 0 Å². The average molecular weight is 299 g/mol. The summed E-state index contributed by atoms with van der Waals surface area (Å²) in [5, 5.41) is 5.33. The van der Waals surface area contributed by atoms with Gasteiger partial charge >= 0.3 is 0 Å². The van der Waals surface area contributed by atoms with Crippen LogP contribution >= 0.6 is 0 Å². The predicted molar refractivity (Wildman–Crippen MR) is 88.2 cm³/mol. The number of quaternary nitrogens is 1. The molecule has 0 spiro atoms. The molecule has 0 radical (unpaired) electrons. The van der Waals surface area contributed by atoms with Crippen LogP contribution in [0.3, 0.4) is 0 Å². The van der Waals surface area contributed by atoms with Crippen molar-refractivity contribution in [2.75, 3.05) is 25.0 Å². The molecule has 1 aliphatic rings. The van der Waals surface area contributed by atoms with E-state index in [1.54, 1.807) is 0 Å². The van der Waals surface area contributed by atoms with Crippen molar-refractivity contribution in [2.45, 2.75) is 26.1 Å². The number of fused-ring (bicyclic) bond motifs is 1. The van der Waals surface area contributed by atoms with Crippen molar-refractivity contribution in [3.05, 3.63) is 42.5 Å². The highest BCUT2D eigenvalue weighted by atomic mass is 16.5. The lowest BCUT2D eigenvalue weighted by Gasteiger charge is -2.31. The van der Waals surface area contributed by atoms with Crippen LogP contribution in [0.15, 0.2) is 42.5 Å². The van der Waals surface area contributed by atoms with Crippen LogP contribution in [0, 0.1) is 0 Å². The Morgan fingerprint density at radius 1 is 1.14 bits per heavy atom. The molecular formula is C18H23N2O2+. The molecule has 2 atom stereocenters. The highest BCUT2D eigenvalue weighted by Crippen LogP contribution is 2.18. The summed E-state index contributed by atoms with van der Waals surface area (Å²) in [6.07, 6.45) is 0.430. The molecule has 22 heavy (non-hydrogen) atoms. The van der Waals surface area contributed by atoms with Gasteiger partial charge in [-0.15, -0.1) is 0 Å². The zero-order valence-electron chi connectivity index (χ0n) is 13.1. The number of hydrogen-bond acceptors (Lipinski definition) is 2. The summed E-state index contributed by atoms with van der Waals surface area (Å²) in [4.78, 5) is 13.5. The summed E-state index contributed by atoms with van der Waals surface area (Å²) in [7, 11) is 0. The number of nitrogens with one attached hydrogen (secondary N) is 2. The normalized spacial score (nSPS) is 25.1. The van der Waals surface area contributed by atoms with Gasteiger partial charge in [0.15, 0.2) is 6.54 Å². The lowest BCUT2D eigenvalue weighted by atomic mass is 10.1. The highest BCUT2D eigenvalue weighted by molar-refractivity contribution is 5.94. The number of morpholine rings is 1. The van der Waals surface area contributed by atoms with Crippen molar-refractivity contribution in [3.8, 4) is 0 Å². The Bertz CT molecular complexity index is 661. The third-order valence-corrected chi connectivity index (χ3v) is 4.06. The minimum absolute atomic E-state index is 0.0616. The molecule has 2 aromatic rings. The maximum atomic E-state index is 12.3. The lowest BCUT2D eigenvalue weighted by Crippen LogP contribution is -3.16. The van der Waals surface area contributed by atoms with Gasteiger partial charge in [-0.25, -0.2) is 0 Å². The quantitative estimate of drug-likeness (QED) is 0.901. The number of rotatable bonds is 3. The molecule has 4 nitrogen and oxygen atoms in total. The van der Waals surface area contributed by atoms with Crippen molar-refractivity contribution in [2.24, 2.45) is 0 Å². The molecule has 1 fully saturated rings. The van der Waals surface area contributed by atoms with Crippen LogP contribution in [-0.4, -0.2) is 37.7 Å². The van der Waals surface area contributed by atoms with Gasteiger partial charge in [0.25, 0.3) is 5.91 Å². The SMILES string of the molecule is C[C@H]1C[NH+](CC(=O)Nc2ccc3ccccc3c2)C[C@H](C)O1. The molecule has 2 aromatic carbocycles. The number of carbonyl (C=O) groups is 1. The van der Waals surface area contributed by atoms with E-state index in [-0.39, 0.29) is 18.1 Å². The summed E-state index contributed by atoms with van der Waals surface area (Å²) in [6, 6.07) is 14.2. The van der Waals surface area contributed by atoms with Crippen LogP contribution in [0.2, 0.25) is 0 Å². The third kappa shape index (κ3) is 3.64. The first-order chi connectivity index (χ1) is 10.6. The van der Waals surface area contributed by atoms with E-state index < -0.39 is 0 Å². The Balaban J connectivity index is 1.63. The number of hydrogen-bond donors (Lipinski definition) is 2.